The summed E-state index contributed by atoms with van der Waals surface area (Å²) in [6.45, 7) is 1.40. The topological polar surface area (TPSA) is 89.8 Å². The first-order valence-corrected chi connectivity index (χ1v) is 7.47. The number of amides is 1. The van der Waals surface area contributed by atoms with Gasteiger partial charge in [0.05, 0.1) is 6.20 Å². The van der Waals surface area contributed by atoms with Crippen molar-refractivity contribution in [2.75, 3.05) is 5.32 Å². The van der Waals surface area contributed by atoms with Gasteiger partial charge in [0, 0.05) is 24.2 Å². The van der Waals surface area contributed by atoms with E-state index in [1.807, 2.05) is 0 Å². The summed E-state index contributed by atoms with van der Waals surface area (Å²) >= 11 is 1.30. The van der Waals surface area contributed by atoms with Crippen LogP contribution in [0.5, 0.6) is 5.75 Å². The van der Waals surface area contributed by atoms with Crippen molar-refractivity contribution in [2.24, 2.45) is 0 Å². The third-order valence-corrected chi connectivity index (χ3v) is 3.72. The van der Waals surface area contributed by atoms with Gasteiger partial charge in [-0.3, -0.25) is 14.0 Å². The van der Waals surface area contributed by atoms with Crippen LogP contribution in [-0.2, 0) is 4.79 Å². The van der Waals surface area contributed by atoms with E-state index in [9.17, 15) is 14.4 Å². The van der Waals surface area contributed by atoms with Crippen LogP contribution >= 0.6 is 11.3 Å². The van der Waals surface area contributed by atoms with Gasteiger partial charge in [0.2, 0.25) is 5.91 Å². The smallest absolute Gasteiger partial charge is 0.350 e. The number of thiazole rings is 1. The zero-order chi connectivity index (χ0) is 16.4. The largest absolute Gasteiger partial charge is 0.423 e. The number of nitrogens with one attached hydrogen (secondary N) is 1. The molecule has 1 amide bonds. The molecule has 0 fully saturated rings. The molecule has 0 atom stereocenters. The number of rotatable bonds is 3. The van der Waals surface area contributed by atoms with Crippen LogP contribution < -0.4 is 15.6 Å². The number of aromatic nitrogens is 2. The minimum atomic E-state index is -0.782. The molecule has 0 aliphatic carbocycles. The standard InChI is InChI=1S/C15H11N3O4S/c1-9(19)17-10-2-4-11(5-3-10)22-14(21)12-8-16-15-18(13(12)20)6-7-23-15/h2-8H,1H3,(H,17,19). The van der Waals surface area contributed by atoms with Gasteiger partial charge in [-0.15, -0.1) is 11.3 Å². The molecule has 3 rings (SSSR count). The molecular weight excluding hydrogens is 318 g/mol. The highest BCUT2D eigenvalue weighted by Crippen LogP contribution is 2.16. The molecule has 2 aromatic heterocycles. The average molecular weight is 329 g/mol. The van der Waals surface area contributed by atoms with E-state index >= 15 is 0 Å². The SMILES string of the molecule is CC(=O)Nc1ccc(OC(=O)c2cnc3sccn3c2=O)cc1. The summed E-state index contributed by atoms with van der Waals surface area (Å²) in [4.78, 5) is 39.8. The Balaban J connectivity index is 1.81. The Morgan fingerprint density at radius 1 is 1.26 bits per heavy atom. The summed E-state index contributed by atoms with van der Waals surface area (Å²) in [5, 5.41) is 4.31. The van der Waals surface area contributed by atoms with Crippen molar-refractivity contribution in [3.8, 4) is 5.75 Å². The van der Waals surface area contributed by atoms with Gasteiger partial charge in [-0.05, 0) is 24.3 Å². The van der Waals surface area contributed by atoms with Gasteiger partial charge in [0.1, 0.15) is 11.3 Å². The molecule has 1 N–H and O–H groups in total. The molecule has 0 aliphatic heterocycles. The summed E-state index contributed by atoms with van der Waals surface area (Å²) in [6.07, 6.45) is 2.76. The van der Waals surface area contributed by atoms with Gasteiger partial charge >= 0.3 is 5.97 Å². The van der Waals surface area contributed by atoms with Crippen LogP contribution in [-0.4, -0.2) is 21.3 Å². The summed E-state index contributed by atoms with van der Waals surface area (Å²) in [5.74, 6) is -0.716. The molecule has 0 saturated heterocycles. The van der Waals surface area contributed by atoms with Gasteiger partial charge in [0.25, 0.3) is 5.56 Å². The molecule has 3 aromatic rings. The molecule has 116 valence electrons. The minimum absolute atomic E-state index is 0.146. The molecule has 1 aromatic carbocycles. The summed E-state index contributed by atoms with van der Waals surface area (Å²) in [6, 6.07) is 6.24. The van der Waals surface area contributed by atoms with Gasteiger partial charge in [-0.1, -0.05) is 0 Å². The third kappa shape index (κ3) is 3.11. The summed E-state index contributed by atoms with van der Waals surface area (Å²) in [5.41, 5.74) is -0.0401. The number of ether oxygens (including phenoxy) is 1. The second-order valence-corrected chi connectivity index (χ2v) is 5.50. The van der Waals surface area contributed by atoms with Crippen LogP contribution in [0.3, 0.4) is 0 Å². The zero-order valence-corrected chi connectivity index (χ0v) is 12.8. The van der Waals surface area contributed by atoms with Gasteiger partial charge in [-0.2, -0.15) is 0 Å². The van der Waals surface area contributed by atoms with Crippen molar-refractivity contribution in [1.29, 1.82) is 0 Å². The highest BCUT2D eigenvalue weighted by atomic mass is 32.1. The van der Waals surface area contributed by atoms with Crippen LogP contribution in [0.4, 0.5) is 5.69 Å². The van der Waals surface area contributed by atoms with E-state index in [-0.39, 0.29) is 17.2 Å². The van der Waals surface area contributed by atoms with Crippen molar-refractivity contribution in [2.45, 2.75) is 6.92 Å². The zero-order valence-electron chi connectivity index (χ0n) is 12.0. The molecule has 2 heterocycles. The Bertz CT molecular complexity index is 943. The predicted octanol–water partition coefficient (Wildman–Crippen LogP) is 1.93. The van der Waals surface area contributed by atoms with Crippen molar-refractivity contribution in [1.82, 2.24) is 9.38 Å². The lowest BCUT2D eigenvalue weighted by atomic mass is 10.3. The van der Waals surface area contributed by atoms with Crippen LogP contribution in [0.15, 0.2) is 46.8 Å². The normalized spacial score (nSPS) is 10.5. The minimum Gasteiger partial charge on any atom is -0.423 e. The molecule has 0 spiro atoms. The highest BCUT2D eigenvalue weighted by Gasteiger charge is 2.16. The van der Waals surface area contributed by atoms with E-state index < -0.39 is 11.5 Å². The first-order valence-electron chi connectivity index (χ1n) is 6.59. The number of carbonyl (C=O) groups excluding carboxylic acids is 2. The van der Waals surface area contributed by atoms with E-state index in [0.717, 1.165) is 0 Å². The lowest BCUT2D eigenvalue weighted by Crippen LogP contribution is -2.24. The van der Waals surface area contributed by atoms with E-state index in [1.165, 1.54) is 41.0 Å². The van der Waals surface area contributed by atoms with Crippen LogP contribution in [0.25, 0.3) is 4.96 Å². The first-order chi connectivity index (χ1) is 11.0. The van der Waals surface area contributed by atoms with Crippen LogP contribution in [0.2, 0.25) is 0 Å². The number of benzene rings is 1. The third-order valence-electron chi connectivity index (χ3n) is 2.95. The number of nitrogens with zero attached hydrogens (tertiary/aromatic N) is 2. The number of esters is 1. The monoisotopic (exact) mass is 329 g/mol. The van der Waals surface area contributed by atoms with Gasteiger partial charge < -0.3 is 10.1 Å². The Labute approximate surface area is 134 Å². The fraction of sp³-hybridized carbons (Fsp3) is 0.0667. The van der Waals surface area contributed by atoms with Crippen molar-refractivity contribution < 1.29 is 14.3 Å². The Kier molecular flexibility index (Phi) is 3.90. The molecular formula is C15H11N3O4S. The highest BCUT2D eigenvalue weighted by molar-refractivity contribution is 7.15. The van der Waals surface area contributed by atoms with Crippen molar-refractivity contribution >= 4 is 33.9 Å². The average Bonchev–Trinajstić information content (AvgIpc) is 2.98. The Morgan fingerprint density at radius 2 is 2.00 bits per heavy atom. The molecule has 0 bridgehead atoms. The van der Waals surface area contributed by atoms with Crippen molar-refractivity contribution in [3.63, 3.8) is 0 Å². The van der Waals surface area contributed by atoms with Crippen LogP contribution in [0.1, 0.15) is 17.3 Å². The predicted molar refractivity (Wildman–Crippen MR) is 85.0 cm³/mol. The van der Waals surface area contributed by atoms with Gasteiger partial charge in [0.15, 0.2) is 4.96 Å². The number of anilines is 1. The number of carbonyl (C=O) groups is 2. The fourth-order valence-corrected chi connectivity index (χ4v) is 2.61. The maximum Gasteiger partial charge on any atom is 0.350 e. The summed E-state index contributed by atoms with van der Waals surface area (Å²) in [7, 11) is 0. The fourth-order valence-electron chi connectivity index (χ4n) is 1.94. The maximum absolute atomic E-state index is 12.2. The first kappa shape index (κ1) is 14.9. The van der Waals surface area contributed by atoms with Crippen LogP contribution in [0, 0.1) is 0 Å². The maximum atomic E-state index is 12.2. The Morgan fingerprint density at radius 3 is 2.70 bits per heavy atom. The second-order valence-electron chi connectivity index (χ2n) is 4.63. The van der Waals surface area contributed by atoms with Gasteiger partial charge in [-0.25, -0.2) is 9.78 Å². The van der Waals surface area contributed by atoms with E-state index in [1.54, 1.807) is 23.7 Å². The molecule has 8 heteroatoms. The lowest BCUT2D eigenvalue weighted by molar-refractivity contribution is -0.114. The quantitative estimate of drug-likeness (QED) is 0.586. The molecule has 0 saturated carbocycles. The summed E-state index contributed by atoms with van der Waals surface area (Å²) < 4.78 is 6.46. The van der Waals surface area contributed by atoms with E-state index in [0.29, 0.717) is 10.6 Å². The molecule has 23 heavy (non-hydrogen) atoms. The Hall–Kier alpha value is -3.00. The molecule has 0 unspecified atom stereocenters. The molecule has 0 radical (unpaired) electrons. The second kappa shape index (κ2) is 6.01. The van der Waals surface area contributed by atoms with E-state index in [4.69, 9.17) is 4.74 Å². The number of hydrogen-bond acceptors (Lipinski definition) is 6. The lowest BCUT2D eigenvalue weighted by Gasteiger charge is -2.06. The number of hydrogen-bond donors (Lipinski definition) is 1. The number of fused-ring (bicyclic) bond motifs is 1. The molecule has 0 aliphatic rings. The molecule has 7 nitrogen and oxygen atoms in total. The van der Waals surface area contributed by atoms with E-state index in [2.05, 4.69) is 10.3 Å². The van der Waals surface area contributed by atoms with Crippen molar-refractivity contribution in [3.05, 3.63) is 58.0 Å².